The number of unbranched alkanes of at least 4 members (excludes halogenated alkanes) is 3. The molecule has 0 aliphatic heterocycles. The highest BCUT2D eigenvalue weighted by Crippen LogP contribution is 2.23. The van der Waals surface area contributed by atoms with Crippen molar-refractivity contribution in [2.24, 2.45) is 0 Å². The lowest BCUT2D eigenvalue weighted by molar-refractivity contribution is 0.0120. The van der Waals surface area contributed by atoms with Crippen molar-refractivity contribution in [3.8, 4) is 16.9 Å². The van der Waals surface area contributed by atoms with Gasteiger partial charge in [-0.1, -0.05) is 50.5 Å². The molecule has 0 amide bonds. The van der Waals surface area contributed by atoms with Gasteiger partial charge < -0.3 is 14.2 Å². The van der Waals surface area contributed by atoms with Crippen LogP contribution in [-0.4, -0.2) is 32.4 Å². The first-order valence-electron chi connectivity index (χ1n) is 9.67. The van der Waals surface area contributed by atoms with Crippen molar-refractivity contribution in [3.05, 3.63) is 54.1 Å². The molecule has 4 nitrogen and oxygen atoms in total. The van der Waals surface area contributed by atoms with E-state index in [-0.39, 0.29) is 12.1 Å². The van der Waals surface area contributed by atoms with E-state index in [1.807, 2.05) is 43.3 Å². The topological polar surface area (TPSA) is 44.8 Å². The van der Waals surface area contributed by atoms with Gasteiger partial charge in [0.1, 0.15) is 11.9 Å². The number of hydrogen-bond donors (Lipinski definition) is 0. The van der Waals surface area contributed by atoms with Gasteiger partial charge in [0.2, 0.25) is 0 Å². The minimum atomic E-state index is -0.335. The molecule has 0 saturated heterocycles. The highest BCUT2D eigenvalue weighted by Gasteiger charge is 2.12. The number of carbonyl (C=O) groups excluding carboxylic acids is 1. The second-order valence-corrected chi connectivity index (χ2v) is 6.68. The summed E-state index contributed by atoms with van der Waals surface area (Å²) in [6.45, 7) is 5.16. The molecule has 1 unspecified atom stereocenters. The maximum Gasteiger partial charge on any atom is 0.338 e. The number of benzene rings is 2. The molecular formula is C23H30O4. The quantitative estimate of drug-likeness (QED) is 0.387. The first-order chi connectivity index (χ1) is 13.1. The normalized spacial score (nSPS) is 11.8. The van der Waals surface area contributed by atoms with E-state index in [2.05, 4.69) is 6.92 Å². The van der Waals surface area contributed by atoms with E-state index < -0.39 is 0 Å². The molecule has 146 valence electrons. The number of ether oxygens (including phenoxy) is 3. The summed E-state index contributed by atoms with van der Waals surface area (Å²) in [5, 5.41) is 0. The van der Waals surface area contributed by atoms with E-state index in [0.29, 0.717) is 12.2 Å². The van der Waals surface area contributed by atoms with Crippen molar-refractivity contribution in [1.82, 2.24) is 0 Å². The molecule has 0 N–H and O–H groups in total. The fourth-order valence-corrected chi connectivity index (χ4v) is 2.78. The van der Waals surface area contributed by atoms with Crippen molar-refractivity contribution in [1.29, 1.82) is 0 Å². The predicted octanol–water partition coefficient (Wildman–Crippen LogP) is 5.50. The molecule has 2 rings (SSSR count). The molecule has 2 aromatic carbocycles. The third-order valence-corrected chi connectivity index (χ3v) is 4.28. The average molecular weight is 370 g/mol. The van der Waals surface area contributed by atoms with Crippen molar-refractivity contribution in [3.63, 3.8) is 0 Å². The Morgan fingerprint density at radius 3 is 2.15 bits per heavy atom. The predicted molar refractivity (Wildman–Crippen MR) is 108 cm³/mol. The Hall–Kier alpha value is -2.33. The lowest BCUT2D eigenvalue weighted by atomic mass is 10.0. The molecule has 0 aliphatic rings. The van der Waals surface area contributed by atoms with Crippen LogP contribution in [0, 0.1) is 0 Å². The van der Waals surface area contributed by atoms with E-state index in [0.717, 1.165) is 29.9 Å². The molecule has 0 radical (unpaired) electrons. The number of carbonyl (C=O) groups is 1. The van der Waals surface area contributed by atoms with Gasteiger partial charge in [-0.15, -0.1) is 0 Å². The molecule has 1 atom stereocenters. The largest absolute Gasteiger partial charge is 0.494 e. The van der Waals surface area contributed by atoms with Crippen LogP contribution in [0.3, 0.4) is 0 Å². The molecule has 0 heterocycles. The Kier molecular flexibility index (Phi) is 8.85. The molecular weight excluding hydrogens is 340 g/mol. The molecule has 0 aromatic heterocycles. The lowest BCUT2D eigenvalue weighted by Crippen LogP contribution is -2.19. The molecule has 0 fully saturated rings. The van der Waals surface area contributed by atoms with E-state index in [4.69, 9.17) is 14.2 Å². The van der Waals surface area contributed by atoms with Gasteiger partial charge in [0.05, 0.1) is 18.8 Å². The molecule has 2 aromatic rings. The Morgan fingerprint density at radius 2 is 1.56 bits per heavy atom. The highest BCUT2D eigenvalue weighted by atomic mass is 16.6. The van der Waals surface area contributed by atoms with E-state index in [9.17, 15) is 4.79 Å². The summed E-state index contributed by atoms with van der Waals surface area (Å²) >= 11 is 0. The van der Waals surface area contributed by atoms with Crippen LogP contribution in [0.1, 0.15) is 49.9 Å². The summed E-state index contributed by atoms with van der Waals surface area (Å²) in [5.74, 6) is 0.556. The van der Waals surface area contributed by atoms with Gasteiger partial charge in [0, 0.05) is 7.11 Å². The van der Waals surface area contributed by atoms with Gasteiger partial charge in [-0.25, -0.2) is 4.79 Å². The van der Waals surface area contributed by atoms with E-state index in [1.54, 1.807) is 19.2 Å². The smallest absolute Gasteiger partial charge is 0.338 e. The van der Waals surface area contributed by atoms with Gasteiger partial charge in [0.25, 0.3) is 0 Å². The summed E-state index contributed by atoms with van der Waals surface area (Å²) in [5.41, 5.74) is 2.67. The summed E-state index contributed by atoms with van der Waals surface area (Å²) in [6, 6.07) is 15.5. The Balaban J connectivity index is 1.89. The Morgan fingerprint density at radius 1 is 0.926 bits per heavy atom. The third kappa shape index (κ3) is 7.06. The second kappa shape index (κ2) is 11.4. The van der Waals surface area contributed by atoms with Gasteiger partial charge in [0.15, 0.2) is 0 Å². The first-order valence-corrected chi connectivity index (χ1v) is 9.67. The molecule has 0 bridgehead atoms. The minimum absolute atomic E-state index is 0.267. The number of esters is 1. The van der Waals surface area contributed by atoms with Crippen LogP contribution >= 0.6 is 0 Å². The van der Waals surface area contributed by atoms with Crippen LogP contribution in [0.2, 0.25) is 0 Å². The van der Waals surface area contributed by atoms with Crippen LogP contribution in [0.15, 0.2) is 48.5 Å². The van der Waals surface area contributed by atoms with Gasteiger partial charge in [-0.05, 0) is 48.7 Å². The van der Waals surface area contributed by atoms with Crippen LogP contribution in [0.5, 0.6) is 5.75 Å². The monoisotopic (exact) mass is 370 g/mol. The minimum Gasteiger partial charge on any atom is -0.494 e. The SMILES string of the molecule is CCCCCCOc1ccc(-c2ccc(C(=O)OC(C)COC)cc2)cc1. The number of rotatable bonds is 11. The van der Waals surface area contributed by atoms with Crippen molar-refractivity contribution < 1.29 is 19.0 Å². The van der Waals surface area contributed by atoms with Crippen LogP contribution in [0.25, 0.3) is 11.1 Å². The van der Waals surface area contributed by atoms with Crippen LogP contribution in [-0.2, 0) is 9.47 Å². The fraction of sp³-hybridized carbons (Fsp3) is 0.435. The average Bonchev–Trinajstić information content (AvgIpc) is 2.68. The zero-order valence-electron chi connectivity index (χ0n) is 16.6. The Bertz CT molecular complexity index is 677. The Labute approximate surface area is 162 Å². The van der Waals surface area contributed by atoms with Crippen molar-refractivity contribution in [2.45, 2.75) is 45.6 Å². The molecule has 0 spiro atoms. The zero-order valence-corrected chi connectivity index (χ0v) is 16.6. The summed E-state index contributed by atoms with van der Waals surface area (Å²) in [6.07, 6.45) is 4.54. The van der Waals surface area contributed by atoms with Gasteiger partial charge >= 0.3 is 5.97 Å². The van der Waals surface area contributed by atoms with Gasteiger partial charge in [-0.3, -0.25) is 0 Å². The number of methoxy groups -OCH3 is 1. The van der Waals surface area contributed by atoms with E-state index >= 15 is 0 Å². The molecule has 27 heavy (non-hydrogen) atoms. The lowest BCUT2D eigenvalue weighted by Gasteiger charge is -2.12. The van der Waals surface area contributed by atoms with Gasteiger partial charge in [-0.2, -0.15) is 0 Å². The highest BCUT2D eigenvalue weighted by molar-refractivity contribution is 5.90. The third-order valence-electron chi connectivity index (χ3n) is 4.28. The summed E-state index contributed by atoms with van der Waals surface area (Å²) < 4.78 is 16.1. The van der Waals surface area contributed by atoms with Crippen LogP contribution in [0.4, 0.5) is 0 Å². The summed E-state index contributed by atoms with van der Waals surface area (Å²) in [7, 11) is 1.59. The van der Waals surface area contributed by atoms with E-state index in [1.165, 1.54) is 19.3 Å². The maximum atomic E-state index is 12.1. The first kappa shape index (κ1) is 21.0. The molecule has 0 saturated carbocycles. The van der Waals surface area contributed by atoms with Crippen LogP contribution < -0.4 is 4.74 Å². The number of hydrogen-bond acceptors (Lipinski definition) is 4. The van der Waals surface area contributed by atoms with Crippen molar-refractivity contribution >= 4 is 5.97 Å². The van der Waals surface area contributed by atoms with Crippen molar-refractivity contribution in [2.75, 3.05) is 20.3 Å². The standard InChI is InChI=1S/C23H30O4/c1-4-5-6-7-16-26-22-14-12-20(13-15-22)19-8-10-21(11-9-19)23(24)27-18(2)17-25-3/h8-15,18H,4-7,16-17H2,1-3H3. The second-order valence-electron chi connectivity index (χ2n) is 6.68. The maximum absolute atomic E-state index is 12.1. The zero-order chi connectivity index (χ0) is 19.5. The molecule has 0 aliphatic carbocycles. The summed E-state index contributed by atoms with van der Waals surface area (Å²) in [4.78, 5) is 12.1. The fourth-order valence-electron chi connectivity index (χ4n) is 2.78. The molecule has 4 heteroatoms.